The van der Waals surface area contributed by atoms with E-state index < -0.39 is 16.1 Å². The monoisotopic (exact) mass is 435 g/mol. The topological polar surface area (TPSA) is 90.9 Å². The fourth-order valence-electron chi connectivity index (χ4n) is 2.49. The molecule has 0 unspecified atom stereocenters. The Labute approximate surface area is 178 Å². The van der Waals surface area contributed by atoms with Crippen LogP contribution in [0.1, 0.15) is 35.7 Å². The van der Waals surface area contributed by atoms with Crippen molar-refractivity contribution in [2.24, 2.45) is 0 Å². The van der Waals surface area contributed by atoms with Crippen LogP contribution in [0.2, 0.25) is 0 Å². The maximum absolute atomic E-state index is 12.0. The van der Waals surface area contributed by atoms with E-state index in [1.807, 2.05) is 19.1 Å². The maximum atomic E-state index is 12.0. The lowest BCUT2D eigenvalue weighted by atomic mass is 10.2. The summed E-state index contributed by atoms with van der Waals surface area (Å²) in [5.74, 6) is -0.433. The third-order valence-electron chi connectivity index (χ3n) is 4.22. The van der Waals surface area contributed by atoms with E-state index in [0.717, 1.165) is 30.6 Å². The minimum atomic E-state index is -3.80. The molecule has 1 N–H and O–H groups in total. The fraction of sp³-hybridized carbons (Fsp3) is 0.409. The highest BCUT2D eigenvalue weighted by atomic mass is 32.2. The van der Waals surface area contributed by atoms with Gasteiger partial charge in [0.15, 0.2) is 0 Å². The maximum Gasteiger partial charge on any atom is 0.338 e. The standard InChI is InChI=1S/C22H29NO6S/c1-3-4-13-23-20-9-7-19(8-10-20)22(24)28-16-14-27-15-17-29-30(25,26)21-11-5-18(2)6-12-21/h5-12,23H,3-4,13-17H2,1-2H3. The number of aryl methyl sites for hydroxylation is 1. The third kappa shape index (κ3) is 8.14. The Balaban J connectivity index is 1.61. The van der Waals surface area contributed by atoms with Crippen LogP contribution in [-0.2, 0) is 23.8 Å². The van der Waals surface area contributed by atoms with E-state index in [2.05, 4.69) is 12.2 Å². The third-order valence-corrected chi connectivity index (χ3v) is 5.54. The lowest BCUT2D eigenvalue weighted by molar-refractivity contribution is 0.0277. The van der Waals surface area contributed by atoms with Crippen LogP contribution in [0.15, 0.2) is 53.4 Å². The zero-order chi connectivity index (χ0) is 21.8. The lowest BCUT2D eigenvalue weighted by Gasteiger charge is -2.09. The fourth-order valence-corrected chi connectivity index (χ4v) is 3.38. The van der Waals surface area contributed by atoms with E-state index in [0.29, 0.717) is 5.56 Å². The molecule has 0 saturated heterocycles. The van der Waals surface area contributed by atoms with Crippen LogP contribution < -0.4 is 5.32 Å². The molecule has 164 valence electrons. The first-order valence-corrected chi connectivity index (χ1v) is 11.4. The molecule has 0 amide bonds. The van der Waals surface area contributed by atoms with E-state index in [9.17, 15) is 13.2 Å². The molecule has 2 rings (SSSR count). The van der Waals surface area contributed by atoms with Gasteiger partial charge in [0.05, 0.1) is 30.3 Å². The summed E-state index contributed by atoms with van der Waals surface area (Å²) in [5.41, 5.74) is 2.39. The van der Waals surface area contributed by atoms with Crippen LogP contribution in [0.4, 0.5) is 5.69 Å². The summed E-state index contributed by atoms with van der Waals surface area (Å²) in [6, 6.07) is 13.5. The number of carbonyl (C=O) groups is 1. The van der Waals surface area contributed by atoms with Gasteiger partial charge in [0.2, 0.25) is 0 Å². The normalized spacial score (nSPS) is 11.3. The van der Waals surface area contributed by atoms with E-state index in [4.69, 9.17) is 13.7 Å². The Morgan fingerprint density at radius 1 is 0.933 bits per heavy atom. The molecule has 30 heavy (non-hydrogen) atoms. The molecule has 2 aromatic rings. The zero-order valence-corrected chi connectivity index (χ0v) is 18.2. The second-order valence-corrected chi connectivity index (χ2v) is 8.31. The highest BCUT2D eigenvalue weighted by Crippen LogP contribution is 2.13. The van der Waals surface area contributed by atoms with Crippen LogP contribution in [-0.4, -0.2) is 47.4 Å². The summed E-state index contributed by atoms with van der Waals surface area (Å²) in [6.07, 6.45) is 2.21. The predicted octanol–water partition coefficient (Wildman–Crippen LogP) is 3.79. The van der Waals surface area contributed by atoms with Crippen molar-refractivity contribution in [2.45, 2.75) is 31.6 Å². The number of benzene rings is 2. The smallest absolute Gasteiger partial charge is 0.338 e. The van der Waals surface area contributed by atoms with E-state index >= 15 is 0 Å². The predicted molar refractivity (Wildman–Crippen MR) is 115 cm³/mol. The van der Waals surface area contributed by atoms with Crippen molar-refractivity contribution in [2.75, 3.05) is 38.3 Å². The largest absolute Gasteiger partial charge is 0.460 e. The molecule has 0 saturated carbocycles. The Kier molecular flexibility index (Phi) is 9.79. The number of rotatable bonds is 13. The lowest BCUT2D eigenvalue weighted by Crippen LogP contribution is -2.15. The van der Waals surface area contributed by atoms with Gasteiger partial charge in [0.25, 0.3) is 10.1 Å². The molecule has 0 aliphatic rings. The number of hydrogen-bond donors (Lipinski definition) is 1. The van der Waals surface area contributed by atoms with Gasteiger partial charge in [-0.2, -0.15) is 8.42 Å². The molecule has 0 aromatic heterocycles. The van der Waals surface area contributed by atoms with Gasteiger partial charge in [-0.05, 0) is 49.7 Å². The van der Waals surface area contributed by atoms with E-state index in [1.54, 1.807) is 24.3 Å². The average molecular weight is 436 g/mol. The van der Waals surface area contributed by atoms with Crippen LogP contribution in [0.25, 0.3) is 0 Å². The first-order chi connectivity index (χ1) is 14.4. The van der Waals surface area contributed by atoms with Crippen LogP contribution >= 0.6 is 0 Å². The number of carbonyl (C=O) groups excluding carboxylic acids is 1. The highest BCUT2D eigenvalue weighted by Gasteiger charge is 2.14. The van der Waals surface area contributed by atoms with Crippen molar-refractivity contribution in [3.8, 4) is 0 Å². The minimum Gasteiger partial charge on any atom is -0.460 e. The van der Waals surface area contributed by atoms with Crippen LogP contribution in [0, 0.1) is 6.92 Å². The number of anilines is 1. The molecule has 8 heteroatoms. The Morgan fingerprint density at radius 2 is 1.60 bits per heavy atom. The number of nitrogens with one attached hydrogen (secondary N) is 1. The van der Waals surface area contributed by atoms with Crippen molar-refractivity contribution < 1.29 is 26.9 Å². The van der Waals surface area contributed by atoms with Gasteiger partial charge in [-0.25, -0.2) is 4.79 Å². The van der Waals surface area contributed by atoms with Gasteiger partial charge in [-0.3, -0.25) is 4.18 Å². The van der Waals surface area contributed by atoms with Crippen molar-refractivity contribution in [3.63, 3.8) is 0 Å². The van der Waals surface area contributed by atoms with Crippen molar-refractivity contribution in [1.29, 1.82) is 0 Å². The van der Waals surface area contributed by atoms with Crippen molar-refractivity contribution >= 4 is 21.8 Å². The Hall–Kier alpha value is -2.42. The average Bonchev–Trinajstić information content (AvgIpc) is 2.74. The Morgan fingerprint density at radius 3 is 2.27 bits per heavy atom. The summed E-state index contributed by atoms with van der Waals surface area (Å²) in [4.78, 5) is 12.1. The molecule has 0 heterocycles. The van der Waals surface area contributed by atoms with Crippen molar-refractivity contribution in [3.05, 3.63) is 59.7 Å². The molecule has 0 bridgehead atoms. The van der Waals surface area contributed by atoms with Gasteiger partial charge < -0.3 is 14.8 Å². The van der Waals surface area contributed by atoms with Gasteiger partial charge in [-0.1, -0.05) is 31.0 Å². The molecular formula is C22H29NO6S. The molecular weight excluding hydrogens is 406 g/mol. The summed E-state index contributed by atoms with van der Waals surface area (Å²) >= 11 is 0. The minimum absolute atomic E-state index is 0.0695. The SMILES string of the molecule is CCCCNc1ccc(C(=O)OCCOCCOS(=O)(=O)c2ccc(C)cc2)cc1. The molecule has 0 aliphatic heterocycles. The first kappa shape index (κ1) is 23.9. The van der Waals surface area contributed by atoms with E-state index in [1.165, 1.54) is 12.1 Å². The summed E-state index contributed by atoms with van der Waals surface area (Å²) in [5, 5.41) is 3.28. The van der Waals surface area contributed by atoms with Crippen LogP contribution in [0.3, 0.4) is 0 Å². The van der Waals surface area contributed by atoms with Gasteiger partial charge in [0.1, 0.15) is 6.61 Å². The van der Waals surface area contributed by atoms with Gasteiger partial charge in [-0.15, -0.1) is 0 Å². The zero-order valence-electron chi connectivity index (χ0n) is 17.4. The van der Waals surface area contributed by atoms with E-state index in [-0.39, 0.29) is 31.3 Å². The number of hydrogen-bond acceptors (Lipinski definition) is 7. The number of unbranched alkanes of at least 4 members (excludes halogenated alkanes) is 1. The summed E-state index contributed by atoms with van der Waals surface area (Å²) in [7, 11) is -3.80. The second-order valence-electron chi connectivity index (χ2n) is 6.70. The highest BCUT2D eigenvalue weighted by molar-refractivity contribution is 7.86. The molecule has 0 aliphatic carbocycles. The first-order valence-electron chi connectivity index (χ1n) is 9.97. The molecule has 0 radical (unpaired) electrons. The number of esters is 1. The molecule has 2 aromatic carbocycles. The molecule has 0 spiro atoms. The number of ether oxygens (including phenoxy) is 2. The second kappa shape index (κ2) is 12.3. The van der Waals surface area contributed by atoms with Crippen molar-refractivity contribution in [1.82, 2.24) is 0 Å². The summed E-state index contributed by atoms with van der Waals surface area (Å²) < 4.78 is 39.4. The molecule has 7 nitrogen and oxygen atoms in total. The summed E-state index contributed by atoms with van der Waals surface area (Å²) in [6.45, 7) is 5.07. The van der Waals surface area contributed by atoms with Gasteiger partial charge in [0, 0.05) is 12.2 Å². The quantitative estimate of drug-likeness (QED) is 0.291. The molecule has 0 atom stereocenters. The van der Waals surface area contributed by atoms with Crippen LogP contribution in [0.5, 0.6) is 0 Å². The van der Waals surface area contributed by atoms with Gasteiger partial charge >= 0.3 is 5.97 Å². The Bertz CT molecular complexity index is 879. The molecule has 0 fully saturated rings.